The molecule has 3 aliphatic heterocycles. The van der Waals surface area contributed by atoms with Crippen LogP contribution in [-0.2, 0) is 27.3 Å². The maximum Gasteiger partial charge on any atom is 0.258 e. The summed E-state index contributed by atoms with van der Waals surface area (Å²) in [4.78, 5) is 53.4. The number of aryl methyl sites for hydroxylation is 1. The lowest BCUT2D eigenvalue weighted by atomic mass is 10.0. The van der Waals surface area contributed by atoms with Crippen molar-refractivity contribution in [2.24, 2.45) is 0 Å². The lowest BCUT2D eigenvalue weighted by Crippen LogP contribution is -2.59. The van der Waals surface area contributed by atoms with E-state index >= 15 is 0 Å². The number of nitrogens with one attached hydrogen (secondary N) is 3. The molecule has 12 nitrogen and oxygen atoms in total. The van der Waals surface area contributed by atoms with Gasteiger partial charge in [-0.15, -0.1) is 0 Å². The quantitative estimate of drug-likeness (QED) is 0.367. The van der Waals surface area contributed by atoms with Crippen LogP contribution < -0.4 is 34.9 Å². The zero-order valence-corrected chi connectivity index (χ0v) is 28.0. The monoisotopic (exact) mass is 698 g/mol. The molecule has 0 aromatic heterocycles. The summed E-state index contributed by atoms with van der Waals surface area (Å²) in [5.41, 5.74) is 1.75. The number of nitrogens with zero attached hydrogens (tertiary/aromatic N) is 1. The van der Waals surface area contributed by atoms with Crippen molar-refractivity contribution in [3.63, 3.8) is 0 Å². The van der Waals surface area contributed by atoms with Crippen molar-refractivity contribution in [1.82, 2.24) is 20.9 Å². The van der Waals surface area contributed by atoms with Gasteiger partial charge in [0.2, 0.25) is 11.8 Å². The minimum Gasteiger partial charge on any atom is -0.496 e. The van der Waals surface area contributed by atoms with Gasteiger partial charge in [-0.05, 0) is 54.4 Å². The van der Waals surface area contributed by atoms with Gasteiger partial charge in [-0.2, -0.15) is 0 Å². The third kappa shape index (κ3) is 8.81. The molecule has 6 rings (SSSR count). The Morgan fingerprint density at radius 1 is 0.979 bits per heavy atom. The second-order valence-corrected chi connectivity index (χ2v) is 12.1. The van der Waals surface area contributed by atoms with Crippen LogP contribution in [0.25, 0.3) is 0 Å². The van der Waals surface area contributed by atoms with Crippen LogP contribution in [0.5, 0.6) is 23.0 Å². The molecule has 4 bridgehead atoms. The van der Waals surface area contributed by atoms with Crippen LogP contribution in [0.15, 0.2) is 54.6 Å². The standard InChI is InChI=1S/C34H36Cl2N4O8/c1-45-28-9-3-20-4-10-31(41)37-16-21-5-7-23(15-29(21)46-2)48-27-11-12-40(18-26(27)39-32(42)19-47-30(28)13-20)33(43)17-38-34(44)24-14-22(35)6-8-25(24)36/h3,5-9,13-15,26-27H,4,10-12,16-19H2,1-2H3,(H,37,41)(H,38,44)(H,39,42)/t26-,27+/m1/s1. The van der Waals surface area contributed by atoms with Crippen LogP contribution in [0.2, 0.25) is 10.0 Å². The van der Waals surface area contributed by atoms with Gasteiger partial charge in [0.1, 0.15) is 17.6 Å². The molecule has 1 saturated heterocycles. The molecule has 3 aromatic carbocycles. The van der Waals surface area contributed by atoms with Crippen LogP contribution in [0, 0.1) is 0 Å². The molecule has 0 spiro atoms. The highest BCUT2D eigenvalue weighted by molar-refractivity contribution is 6.35. The van der Waals surface area contributed by atoms with Crippen molar-refractivity contribution in [2.45, 2.75) is 38.0 Å². The first-order valence-electron chi connectivity index (χ1n) is 15.3. The van der Waals surface area contributed by atoms with Crippen molar-refractivity contribution in [1.29, 1.82) is 0 Å². The SMILES string of the molecule is COc1cc2ccc1CNC(=O)CCc1ccc(OC)c(c1)OCC(=O)N[C@@H]1CN(C(=O)CNC(=O)c3cc(Cl)ccc3Cl)CC[C@@H]1O2. The van der Waals surface area contributed by atoms with Crippen molar-refractivity contribution in [3.05, 3.63) is 81.3 Å². The molecule has 2 atom stereocenters. The van der Waals surface area contributed by atoms with E-state index in [2.05, 4.69) is 16.0 Å². The zero-order valence-electron chi connectivity index (χ0n) is 26.5. The second-order valence-electron chi connectivity index (χ2n) is 11.3. The number of hydrogen-bond donors (Lipinski definition) is 3. The Labute approximate surface area is 287 Å². The fourth-order valence-electron chi connectivity index (χ4n) is 5.51. The molecule has 3 heterocycles. The molecular formula is C34H36Cl2N4O8. The molecule has 3 aliphatic rings. The van der Waals surface area contributed by atoms with E-state index in [1.165, 1.54) is 26.4 Å². The summed E-state index contributed by atoms with van der Waals surface area (Å²) in [6, 6.07) is 14.5. The summed E-state index contributed by atoms with van der Waals surface area (Å²) in [5, 5.41) is 9.04. The van der Waals surface area contributed by atoms with Crippen molar-refractivity contribution >= 4 is 46.8 Å². The first kappa shape index (κ1) is 34.6. The van der Waals surface area contributed by atoms with Gasteiger partial charge in [0, 0.05) is 49.1 Å². The number of fused-ring (bicyclic) bond motifs is 9. The number of benzene rings is 3. The number of piperidine rings is 1. The van der Waals surface area contributed by atoms with E-state index in [9.17, 15) is 19.2 Å². The Morgan fingerprint density at radius 2 is 1.79 bits per heavy atom. The Hall–Kier alpha value is -4.68. The van der Waals surface area contributed by atoms with E-state index in [0.717, 1.165) is 11.1 Å². The van der Waals surface area contributed by atoms with Crippen molar-refractivity contribution in [3.8, 4) is 23.0 Å². The third-order valence-corrected chi connectivity index (χ3v) is 8.64. The number of carbonyl (C=O) groups is 4. The van der Waals surface area contributed by atoms with Gasteiger partial charge in [-0.1, -0.05) is 29.3 Å². The second kappa shape index (κ2) is 15.9. The maximum atomic E-state index is 13.3. The van der Waals surface area contributed by atoms with Gasteiger partial charge in [-0.25, -0.2) is 0 Å². The highest BCUT2D eigenvalue weighted by Gasteiger charge is 2.34. The zero-order chi connectivity index (χ0) is 34.2. The minimum absolute atomic E-state index is 0.114. The van der Waals surface area contributed by atoms with Crippen molar-refractivity contribution < 1.29 is 38.1 Å². The lowest BCUT2D eigenvalue weighted by molar-refractivity contribution is -0.134. The average molecular weight is 700 g/mol. The van der Waals surface area contributed by atoms with Gasteiger partial charge in [-0.3, -0.25) is 19.2 Å². The molecule has 3 aromatic rings. The van der Waals surface area contributed by atoms with Crippen molar-refractivity contribution in [2.75, 3.05) is 40.5 Å². The molecular weight excluding hydrogens is 663 g/mol. The van der Waals surface area contributed by atoms with E-state index in [1.807, 2.05) is 12.1 Å². The smallest absolute Gasteiger partial charge is 0.258 e. The minimum atomic E-state index is -0.628. The molecule has 3 N–H and O–H groups in total. The van der Waals surface area contributed by atoms with Crippen LogP contribution >= 0.6 is 23.2 Å². The summed E-state index contributed by atoms with van der Waals surface area (Å²) in [7, 11) is 3.03. The third-order valence-electron chi connectivity index (χ3n) is 8.07. The normalized spacial score (nSPS) is 18.4. The average Bonchev–Trinajstić information content (AvgIpc) is 3.09. The predicted molar refractivity (Wildman–Crippen MR) is 178 cm³/mol. The predicted octanol–water partition coefficient (Wildman–Crippen LogP) is 3.55. The molecule has 0 aliphatic carbocycles. The molecule has 0 saturated carbocycles. The Morgan fingerprint density at radius 3 is 2.58 bits per heavy atom. The first-order chi connectivity index (χ1) is 23.1. The number of halogens is 2. The maximum absolute atomic E-state index is 13.3. The molecule has 0 unspecified atom stereocenters. The topological polar surface area (TPSA) is 145 Å². The van der Waals surface area contributed by atoms with Crippen LogP contribution in [0.1, 0.15) is 34.3 Å². The Kier molecular flexibility index (Phi) is 11.5. The highest BCUT2D eigenvalue weighted by Crippen LogP contribution is 2.30. The van der Waals surface area contributed by atoms with E-state index in [1.54, 1.807) is 35.2 Å². The molecule has 1 fully saturated rings. The summed E-state index contributed by atoms with van der Waals surface area (Å²) in [6.45, 7) is 0.0612. The number of carbonyl (C=O) groups excluding carboxylic acids is 4. The van der Waals surface area contributed by atoms with Crippen LogP contribution in [0.4, 0.5) is 0 Å². The molecule has 0 radical (unpaired) electrons. The van der Waals surface area contributed by atoms with Gasteiger partial charge in [0.05, 0.1) is 37.4 Å². The van der Waals surface area contributed by atoms with Gasteiger partial charge in [0.15, 0.2) is 18.1 Å². The Balaban J connectivity index is 1.34. The number of amides is 4. The number of ether oxygens (including phenoxy) is 4. The largest absolute Gasteiger partial charge is 0.496 e. The number of methoxy groups -OCH3 is 2. The fourth-order valence-corrected chi connectivity index (χ4v) is 5.89. The number of hydrogen-bond acceptors (Lipinski definition) is 8. The summed E-state index contributed by atoms with van der Waals surface area (Å²) < 4.78 is 23.2. The highest BCUT2D eigenvalue weighted by atomic mass is 35.5. The van der Waals surface area contributed by atoms with Gasteiger partial charge in [0.25, 0.3) is 11.8 Å². The summed E-state index contributed by atoms with van der Waals surface area (Å²) in [6.07, 6.45) is 0.546. The first-order valence-corrected chi connectivity index (χ1v) is 16.1. The van der Waals surface area contributed by atoms with E-state index in [0.29, 0.717) is 47.4 Å². The molecule has 14 heteroatoms. The summed E-state index contributed by atoms with van der Waals surface area (Å²) in [5.74, 6) is 0.351. The van der Waals surface area contributed by atoms with Crippen LogP contribution in [-0.4, -0.2) is 81.1 Å². The molecule has 4 amide bonds. The Bertz CT molecular complexity index is 1690. The number of rotatable bonds is 5. The molecule has 48 heavy (non-hydrogen) atoms. The van der Waals surface area contributed by atoms with E-state index in [4.69, 9.17) is 42.1 Å². The van der Waals surface area contributed by atoms with Crippen LogP contribution in [0.3, 0.4) is 0 Å². The lowest BCUT2D eigenvalue weighted by Gasteiger charge is -2.39. The fraction of sp³-hybridized carbons (Fsp3) is 0.353. The van der Waals surface area contributed by atoms with E-state index in [-0.39, 0.29) is 55.1 Å². The number of likely N-dealkylation sites (tertiary alicyclic amines) is 1. The van der Waals surface area contributed by atoms with Gasteiger partial charge >= 0.3 is 0 Å². The van der Waals surface area contributed by atoms with Gasteiger partial charge < -0.3 is 39.8 Å². The summed E-state index contributed by atoms with van der Waals surface area (Å²) >= 11 is 12.2. The molecule has 254 valence electrons. The van der Waals surface area contributed by atoms with E-state index < -0.39 is 24.0 Å².